The van der Waals surface area contributed by atoms with Gasteiger partial charge in [-0.2, -0.15) is 0 Å². The maximum absolute atomic E-state index is 12.6. The van der Waals surface area contributed by atoms with Gasteiger partial charge in [-0.25, -0.2) is 4.79 Å². The molecule has 4 atom stereocenters. The van der Waals surface area contributed by atoms with Gasteiger partial charge in [-0.15, -0.1) is 0 Å². The first-order valence-corrected chi connectivity index (χ1v) is 8.51. The second-order valence-electron chi connectivity index (χ2n) is 6.88. The number of fused-ring (bicyclic) bond motifs is 5. The SMILES string of the molecule is COC(=O)c1cccc(NC(=O)CN2C(=O)[C@@H]3[C@@H](C2=O)[C@H]2C=C[C@H]3C2)c1. The molecule has 4 rings (SSSR count). The molecule has 2 fully saturated rings. The van der Waals surface area contributed by atoms with Crippen molar-refractivity contribution in [1.82, 2.24) is 4.90 Å². The fourth-order valence-corrected chi connectivity index (χ4v) is 4.31. The number of ether oxygens (including phenoxy) is 1. The van der Waals surface area contributed by atoms with Crippen LogP contribution in [0.1, 0.15) is 16.8 Å². The third-order valence-electron chi connectivity index (χ3n) is 5.43. The molecule has 1 aliphatic heterocycles. The third-order valence-corrected chi connectivity index (χ3v) is 5.43. The molecule has 1 aromatic rings. The van der Waals surface area contributed by atoms with Crippen molar-refractivity contribution in [3.05, 3.63) is 42.0 Å². The molecular formula is C19H18N2O5. The first kappa shape index (κ1) is 16.5. The molecule has 2 bridgehead atoms. The van der Waals surface area contributed by atoms with E-state index in [2.05, 4.69) is 10.1 Å². The van der Waals surface area contributed by atoms with Crippen molar-refractivity contribution < 1.29 is 23.9 Å². The number of likely N-dealkylation sites (tertiary alicyclic amines) is 1. The quantitative estimate of drug-likeness (QED) is 0.499. The Bertz CT molecular complexity index is 816. The van der Waals surface area contributed by atoms with Crippen LogP contribution >= 0.6 is 0 Å². The molecule has 7 nitrogen and oxygen atoms in total. The average Bonchev–Trinajstić information content (AvgIpc) is 3.31. The zero-order valence-corrected chi connectivity index (χ0v) is 14.2. The number of nitrogens with zero attached hydrogens (tertiary/aromatic N) is 1. The summed E-state index contributed by atoms with van der Waals surface area (Å²) in [5.74, 6) is -1.89. The van der Waals surface area contributed by atoms with Crippen LogP contribution < -0.4 is 5.32 Å². The van der Waals surface area contributed by atoms with Crippen molar-refractivity contribution in [2.45, 2.75) is 6.42 Å². The van der Waals surface area contributed by atoms with Crippen LogP contribution in [0.3, 0.4) is 0 Å². The predicted octanol–water partition coefficient (Wildman–Crippen LogP) is 1.22. The number of allylic oxidation sites excluding steroid dienone is 2. The highest BCUT2D eigenvalue weighted by Crippen LogP contribution is 2.52. The van der Waals surface area contributed by atoms with Gasteiger partial charge in [0, 0.05) is 5.69 Å². The molecule has 1 heterocycles. The van der Waals surface area contributed by atoms with E-state index in [1.165, 1.54) is 13.2 Å². The van der Waals surface area contributed by atoms with Crippen LogP contribution in [0.2, 0.25) is 0 Å². The van der Waals surface area contributed by atoms with E-state index in [4.69, 9.17) is 0 Å². The number of hydrogen-bond acceptors (Lipinski definition) is 5. The monoisotopic (exact) mass is 354 g/mol. The Morgan fingerprint density at radius 2 is 1.81 bits per heavy atom. The molecule has 0 spiro atoms. The Kier molecular flexibility index (Phi) is 3.86. The smallest absolute Gasteiger partial charge is 0.337 e. The molecule has 0 unspecified atom stereocenters. The number of imide groups is 1. The molecular weight excluding hydrogens is 336 g/mol. The topological polar surface area (TPSA) is 92.8 Å². The lowest BCUT2D eigenvalue weighted by Gasteiger charge is -2.17. The van der Waals surface area contributed by atoms with Gasteiger partial charge in [0.05, 0.1) is 24.5 Å². The number of amides is 3. The van der Waals surface area contributed by atoms with Crippen LogP contribution in [0, 0.1) is 23.7 Å². The summed E-state index contributed by atoms with van der Waals surface area (Å²) >= 11 is 0. The van der Waals surface area contributed by atoms with Crippen LogP contribution in [0.25, 0.3) is 0 Å². The number of anilines is 1. The van der Waals surface area contributed by atoms with E-state index in [0.717, 1.165) is 11.3 Å². The normalized spacial score (nSPS) is 28.4. The zero-order chi connectivity index (χ0) is 18.4. The van der Waals surface area contributed by atoms with Crippen LogP contribution in [0.15, 0.2) is 36.4 Å². The lowest BCUT2D eigenvalue weighted by molar-refractivity contribution is -0.143. The van der Waals surface area contributed by atoms with E-state index in [-0.39, 0.29) is 42.0 Å². The fourth-order valence-electron chi connectivity index (χ4n) is 4.31. The summed E-state index contributed by atoms with van der Waals surface area (Å²) in [5, 5.41) is 2.62. The van der Waals surface area contributed by atoms with Gasteiger partial charge in [0.25, 0.3) is 0 Å². The Labute approximate surface area is 150 Å². The minimum atomic E-state index is -0.512. The summed E-state index contributed by atoms with van der Waals surface area (Å²) in [7, 11) is 1.27. The first-order valence-electron chi connectivity index (χ1n) is 8.51. The molecule has 134 valence electrons. The second-order valence-corrected chi connectivity index (χ2v) is 6.88. The number of esters is 1. The van der Waals surface area contributed by atoms with E-state index < -0.39 is 11.9 Å². The zero-order valence-electron chi connectivity index (χ0n) is 14.2. The minimum Gasteiger partial charge on any atom is -0.465 e. The Morgan fingerprint density at radius 1 is 1.15 bits per heavy atom. The molecule has 3 aliphatic rings. The van der Waals surface area contributed by atoms with Crippen molar-refractivity contribution in [3.63, 3.8) is 0 Å². The van der Waals surface area contributed by atoms with Crippen molar-refractivity contribution >= 4 is 29.4 Å². The third kappa shape index (κ3) is 2.51. The summed E-state index contributed by atoms with van der Waals surface area (Å²) in [6, 6.07) is 6.29. The Morgan fingerprint density at radius 3 is 2.42 bits per heavy atom. The number of methoxy groups -OCH3 is 1. The number of hydrogen-bond donors (Lipinski definition) is 1. The van der Waals surface area contributed by atoms with Crippen molar-refractivity contribution in [2.24, 2.45) is 23.7 Å². The van der Waals surface area contributed by atoms with Gasteiger partial charge in [-0.1, -0.05) is 18.2 Å². The maximum atomic E-state index is 12.6. The van der Waals surface area contributed by atoms with Crippen LogP contribution in [-0.2, 0) is 19.1 Å². The number of benzene rings is 1. The van der Waals surface area contributed by atoms with E-state index >= 15 is 0 Å². The first-order chi connectivity index (χ1) is 12.5. The highest BCUT2D eigenvalue weighted by atomic mass is 16.5. The van der Waals surface area contributed by atoms with E-state index in [1.54, 1.807) is 18.2 Å². The highest BCUT2D eigenvalue weighted by molar-refractivity contribution is 6.09. The van der Waals surface area contributed by atoms with Crippen molar-refractivity contribution in [2.75, 3.05) is 19.0 Å². The molecule has 1 N–H and O–H groups in total. The van der Waals surface area contributed by atoms with Gasteiger partial charge in [-0.3, -0.25) is 19.3 Å². The summed E-state index contributed by atoms with van der Waals surface area (Å²) < 4.78 is 4.65. The summed E-state index contributed by atoms with van der Waals surface area (Å²) in [6.45, 7) is -0.313. The highest BCUT2D eigenvalue weighted by Gasteiger charge is 2.59. The van der Waals surface area contributed by atoms with Crippen LogP contribution in [0.5, 0.6) is 0 Å². The van der Waals surface area contributed by atoms with E-state index in [9.17, 15) is 19.2 Å². The molecule has 2 aliphatic carbocycles. The standard InChI is InChI=1S/C19H18N2O5/c1-26-19(25)12-3-2-4-13(8-12)20-14(22)9-21-17(23)15-10-5-6-11(7-10)16(15)18(21)24/h2-6,8,10-11,15-16H,7,9H2,1H3,(H,20,22)/t10-,11-,15-,16-/m0/s1. The van der Waals surface area contributed by atoms with Gasteiger partial charge < -0.3 is 10.1 Å². The Balaban J connectivity index is 1.44. The second kappa shape index (κ2) is 6.09. The van der Waals surface area contributed by atoms with Gasteiger partial charge in [-0.05, 0) is 36.5 Å². The van der Waals surface area contributed by atoms with Gasteiger partial charge in [0.2, 0.25) is 17.7 Å². The molecule has 0 radical (unpaired) electrons. The lowest BCUT2D eigenvalue weighted by atomic mass is 9.85. The average molecular weight is 354 g/mol. The van der Waals surface area contributed by atoms with Crippen LogP contribution in [-0.4, -0.2) is 42.2 Å². The number of nitrogens with one attached hydrogen (secondary N) is 1. The molecule has 26 heavy (non-hydrogen) atoms. The molecule has 1 aromatic carbocycles. The maximum Gasteiger partial charge on any atom is 0.337 e. The van der Waals surface area contributed by atoms with E-state index in [1.807, 2.05) is 12.2 Å². The summed E-state index contributed by atoms with van der Waals surface area (Å²) in [6.07, 6.45) is 4.88. The van der Waals surface area contributed by atoms with Gasteiger partial charge in [0.15, 0.2) is 0 Å². The largest absolute Gasteiger partial charge is 0.465 e. The Hall–Kier alpha value is -2.96. The van der Waals surface area contributed by atoms with Crippen molar-refractivity contribution in [3.8, 4) is 0 Å². The number of rotatable bonds is 4. The molecule has 7 heteroatoms. The molecule has 1 saturated carbocycles. The minimum absolute atomic E-state index is 0.117. The number of carbonyl (C=O) groups excluding carboxylic acids is 4. The van der Waals surface area contributed by atoms with Gasteiger partial charge >= 0.3 is 5.97 Å². The fraction of sp³-hybridized carbons (Fsp3) is 0.368. The number of carbonyl (C=O) groups is 4. The predicted molar refractivity (Wildman–Crippen MR) is 90.8 cm³/mol. The lowest BCUT2D eigenvalue weighted by Crippen LogP contribution is -2.39. The van der Waals surface area contributed by atoms with E-state index in [0.29, 0.717) is 11.3 Å². The summed E-state index contributed by atoms with van der Waals surface area (Å²) in [5.41, 5.74) is 0.703. The van der Waals surface area contributed by atoms with Gasteiger partial charge in [0.1, 0.15) is 6.54 Å². The summed E-state index contributed by atoms with van der Waals surface area (Å²) in [4.78, 5) is 50.1. The molecule has 3 amide bonds. The molecule has 0 aromatic heterocycles. The van der Waals surface area contributed by atoms with Crippen LogP contribution in [0.4, 0.5) is 5.69 Å². The molecule has 1 saturated heterocycles. The van der Waals surface area contributed by atoms with Crippen molar-refractivity contribution in [1.29, 1.82) is 0 Å².